The van der Waals surface area contributed by atoms with Crippen molar-refractivity contribution in [2.45, 2.75) is 120 Å². The van der Waals surface area contributed by atoms with E-state index < -0.39 is 11.2 Å². The fraction of sp³-hybridized carbons (Fsp3) is 0.778. The molecule has 0 amide bonds. The molecule has 0 bridgehead atoms. The van der Waals surface area contributed by atoms with Gasteiger partial charge in [-0.25, -0.2) is 9.59 Å². The predicted octanol–water partition coefficient (Wildman–Crippen LogP) is 5.19. The molecule has 0 spiro atoms. The van der Waals surface area contributed by atoms with Crippen molar-refractivity contribution in [2.75, 3.05) is 6.61 Å². The molecule has 2 aliphatic heterocycles. The zero-order valence-electron chi connectivity index (χ0n) is 20.1. The minimum Gasteiger partial charge on any atom is -0.453 e. The molecule has 33 heavy (non-hydrogen) atoms. The van der Waals surface area contributed by atoms with Crippen molar-refractivity contribution in [3.63, 3.8) is 0 Å². The van der Waals surface area contributed by atoms with Gasteiger partial charge in [-0.05, 0) is 89.9 Å². The lowest BCUT2D eigenvalue weighted by Gasteiger charge is -2.45. The van der Waals surface area contributed by atoms with Crippen molar-refractivity contribution in [2.24, 2.45) is 5.92 Å². The van der Waals surface area contributed by atoms with Crippen LogP contribution in [0.2, 0.25) is 0 Å². The van der Waals surface area contributed by atoms with E-state index in [0.717, 1.165) is 83.7 Å². The first-order chi connectivity index (χ1) is 15.9. The van der Waals surface area contributed by atoms with E-state index in [0.29, 0.717) is 11.5 Å². The third-order valence-corrected chi connectivity index (χ3v) is 8.28. The molecule has 2 heterocycles. The Kier molecular flexibility index (Phi) is 7.64. The van der Waals surface area contributed by atoms with Crippen LogP contribution in [0.25, 0.3) is 0 Å². The highest BCUT2D eigenvalue weighted by molar-refractivity contribution is 5.87. The van der Waals surface area contributed by atoms with Crippen LogP contribution in [0.15, 0.2) is 24.8 Å². The molecule has 0 aromatic heterocycles. The quantitative estimate of drug-likeness (QED) is 0.384. The molecule has 6 nitrogen and oxygen atoms in total. The summed E-state index contributed by atoms with van der Waals surface area (Å²) in [7, 11) is 0. The van der Waals surface area contributed by atoms with Gasteiger partial charge in [0.25, 0.3) is 0 Å². The normalized spacial score (nSPS) is 36.2. The number of hydrogen-bond donors (Lipinski definition) is 0. The fourth-order valence-electron chi connectivity index (χ4n) is 6.62. The Bertz CT molecular complexity index is 748. The van der Waals surface area contributed by atoms with Gasteiger partial charge in [-0.15, -0.1) is 0 Å². The standard InChI is InChI=1S/C27H40O6/c1-4-24(28)32-26(14-6-5-7-15-26)23-13-12-21(31-23)20-10-8-16-27(18-20,22-11-9-17-30-22)33-25(29)19(2)3/h4,20-23H,1-2,5-18H2,3H3. The first-order valence-corrected chi connectivity index (χ1v) is 12.9. The van der Waals surface area contributed by atoms with E-state index >= 15 is 0 Å². The molecule has 0 radical (unpaired) electrons. The number of hydrogen-bond acceptors (Lipinski definition) is 6. The van der Waals surface area contributed by atoms with E-state index in [4.69, 9.17) is 18.9 Å². The van der Waals surface area contributed by atoms with Gasteiger partial charge in [-0.1, -0.05) is 19.6 Å². The van der Waals surface area contributed by atoms with Crippen molar-refractivity contribution in [3.8, 4) is 0 Å². The van der Waals surface area contributed by atoms with Gasteiger partial charge in [0.05, 0.1) is 18.3 Å². The van der Waals surface area contributed by atoms with Gasteiger partial charge in [0, 0.05) is 18.3 Å². The van der Waals surface area contributed by atoms with Crippen molar-refractivity contribution in [3.05, 3.63) is 24.8 Å². The molecule has 5 atom stereocenters. The number of rotatable bonds is 7. The summed E-state index contributed by atoms with van der Waals surface area (Å²) in [4.78, 5) is 24.7. The first-order valence-electron chi connectivity index (χ1n) is 12.9. The topological polar surface area (TPSA) is 71.1 Å². The molecule has 2 saturated heterocycles. The Labute approximate surface area is 198 Å². The summed E-state index contributed by atoms with van der Waals surface area (Å²) in [5.41, 5.74) is -0.713. The Morgan fingerprint density at radius 2 is 1.67 bits per heavy atom. The summed E-state index contributed by atoms with van der Waals surface area (Å²) >= 11 is 0. The summed E-state index contributed by atoms with van der Waals surface area (Å²) in [6.45, 7) is 9.80. The molecule has 4 aliphatic rings. The zero-order chi connectivity index (χ0) is 23.5. The lowest BCUT2D eigenvalue weighted by molar-refractivity contribution is -0.192. The molecule has 4 fully saturated rings. The molecule has 184 valence electrons. The zero-order valence-corrected chi connectivity index (χ0v) is 20.1. The highest BCUT2D eigenvalue weighted by Crippen LogP contribution is 2.48. The molecule has 0 N–H and O–H groups in total. The second-order valence-corrected chi connectivity index (χ2v) is 10.6. The molecule has 6 heteroatoms. The van der Waals surface area contributed by atoms with E-state index in [1.54, 1.807) is 6.92 Å². The SMILES string of the molecule is C=CC(=O)OC1(C2CCC(C3CCCC(OC(=O)C(=C)C)(C4CCCO4)C3)O2)CCCCC1. The van der Waals surface area contributed by atoms with Crippen LogP contribution in [0.3, 0.4) is 0 Å². The average molecular weight is 461 g/mol. The summed E-state index contributed by atoms with van der Waals surface area (Å²) in [5, 5.41) is 0. The Morgan fingerprint density at radius 3 is 2.33 bits per heavy atom. The molecule has 0 aromatic rings. The van der Waals surface area contributed by atoms with Gasteiger partial charge in [-0.3, -0.25) is 0 Å². The maximum Gasteiger partial charge on any atom is 0.333 e. The van der Waals surface area contributed by atoms with E-state index in [1.165, 1.54) is 12.5 Å². The van der Waals surface area contributed by atoms with Gasteiger partial charge in [-0.2, -0.15) is 0 Å². The van der Waals surface area contributed by atoms with E-state index in [9.17, 15) is 9.59 Å². The van der Waals surface area contributed by atoms with E-state index in [-0.39, 0.29) is 30.3 Å². The molecule has 5 unspecified atom stereocenters. The van der Waals surface area contributed by atoms with Crippen molar-refractivity contribution in [1.29, 1.82) is 0 Å². The van der Waals surface area contributed by atoms with Crippen LogP contribution in [0, 0.1) is 5.92 Å². The molecular weight excluding hydrogens is 420 g/mol. The van der Waals surface area contributed by atoms with Crippen molar-refractivity contribution < 1.29 is 28.5 Å². The van der Waals surface area contributed by atoms with Gasteiger partial charge in [0.1, 0.15) is 11.2 Å². The summed E-state index contributed by atoms with van der Waals surface area (Å²) in [6.07, 6.45) is 13.6. The average Bonchev–Trinajstić information content (AvgIpc) is 3.53. The minimum absolute atomic E-state index is 0.0565. The fourth-order valence-corrected chi connectivity index (χ4v) is 6.62. The second kappa shape index (κ2) is 10.3. The van der Waals surface area contributed by atoms with Crippen LogP contribution in [-0.4, -0.2) is 48.1 Å². The largest absolute Gasteiger partial charge is 0.453 e. The molecular formula is C27H40O6. The van der Waals surface area contributed by atoms with Gasteiger partial charge < -0.3 is 18.9 Å². The third kappa shape index (κ3) is 5.22. The maximum atomic E-state index is 12.6. The highest BCUT2D eigenvalue weighted by Gasteiger charge is 2.53. The number of carbonyl (C=O) groups is 2. The lowest BCUT2D eigenvalue weighted by Crippen LogP contribution is -2.52. The van der Waals surface area contributed by atoms with Crippen LogP contribution in [0.4, 0.5) is 0 Å². The van der Waals surface area contributed by atoms with E-state index in [2.05, 4.69) is 13.2 Å². The third-order valence-electron chi connectivity index (χ3n) is 8.28. The van der Waals surface area contributed by atoms with Gasteiger partial charge in [0.2, 0.25) is 0 Å². The monoisotopic (exact) mass is 460 g/mol. The molecule has 2 saturated carbocycles. The summed E-state index contributed by atoms with van der Waals surface area (Å²) in [5.74, 6) is -0.388. The van der Waals surface area contributed by atoms with Gasteiger partial charge in [0.15, 0.2) is 0 Å². The molecule has 2 aliphatic carbocycles. The first kappa shape index (κ1) is 24.5. The summed E-state index contributed by atoms with van der Waals surface area (Å²) in [6, 6.07) is 0. The van der Waals surface area contributed by atoms with Crippen LogP contribution < -0.4 is 0 Å². The van der Waals surface area contributed by atoms with Crippen LogP contribution in [-0.2, 0) is 28.5 Å². The molecule has 4 rings (SSSR count). The minimum atomic E-state index is -0.602. The van der Waals surface area contributed by atoms with Crippen LogP contribution in [0.5, 0.6) is 0 Å². The Morgan fingerprint density at radius 1 is 0.909 bits per heavy atom. The predicted molar refractivity (Wildman–Crippen MR) is 125 cm³/mol. The molecule has 0 aromatic carbocycles. The summed E-state index contributed by atoms with van der Waals surface area (Å²) < 4.78 is 24.9. The van der Waals surface area contributed by atoms with Gasteiger partial charge >= 0.3 is 11.9 Å². The maximum absolute atomic E-state index is 12.6. The number of carbonyl (C=O) groups excluding carboxylic acids is 2. The number of esters is 2. The Balaban J connectivity index is 1.48. The van der Waals surface area contributed by atoms with Crippen LogP contribution >= 0.6 is 0 Å². The number of ether oxygens (including phenoxy) is 4. The van der Waals surface area contributed by atoms with E-state index in [1.807, 2.05) is 0 Å². The highest BCUT2D eigenvalue weighted by atomic mass is 16.6. The van der Waals surface area contributed by atoms with Crippen molar-refractivity contribution in [1.82, 2.24) is 0 Å². The lowest BCUT2D eigenvalue weighted by atomic mass is 9.72. The smallest absolute Gasteiger partial charge is 0.333 e. The van der Waals surface area contributed by atoms with Crippen molar-refractivity contribution >= 4 is 11.9 Å². The Hall–Kier alpha value is -1.66. The second-order valence-electron chi connectivity index (χ2n) is 10.6. The van der Waals surface area contributed by atoms with Crippen LogP contribution in [0.1, 0.15) is 90.4 Å².